The largest absolute Gasteiger partial charge is 0.387 e. The molecule has 3 N–H and O–H groups in total. The van der Waals surface area contributed by atoms with E-state index >= 15 is 0 Å². The topological polar surface area (TPSA) is 59.4 Å². The van der Waals surface area contributed by atoms with Crippen LogP contribution < -0.4 is 9.79 Å². The van der Waals surface area contributed by atoms with Gasteiger partial charge in [0.05, 0.1) is 5.69 Å². The number of hydrogen-bond acceptors (Lipinski definition) is 5. The van der Waals surface area contributed by atoms with Gasteiger partial charge in [-0.3, -0.25) is 10.6 Å². The molecule has 0 bridgehead atoms. The monoisotopic (exact) mass is 395 g/mol. The van der Waals surface area contributed by atoms with Gasteiger partial charge in [0.1, 0.15) is 5.17 Å². The van der Waals surface area contributed by atoms with Crippen LogP contribution in [0.1, 0.15) is 45.1 Å². The highest BCUT2D eigenvalue weighted by atomic mass is 35.5. The summed E-state index contributed by atoms with van der Waals surface area (Å²) in [5.41, 5.74) is 3.16. The Hall–Kier alpha value is -1.17. The predicted octanol–water partition coefficient (Wildman–Crippen LogP) is 5.61. The fourth-order valence-electron chi connectivity index (χ4n) is 3.58. The van der Waals surface area contributed by atoms with Crippen LogP contribution in [0.25, 0.3) is 0 Å². The molecule has 4 nitrogen and oxygen atoms in total. The summed E-state index contributed by atoms with van der Waals surface area (Å²) in [7, 11) is 0. The summed E-state index contributed by atoms with van der Waals surface area (Å²) in [6.07, 6.45) is 9.25. The first-order valence-corrected chi connectivity index (χ1v) is 10.8. The van der Waals surface area contributed by atoms with Crippen molar-refractivity contribution in [2.75, 3.05) is 17.3 Å². The average molecular weight is 396 g/mol. The molecule has 0 radical (unpaired) electrons. The van der Waals surface area contributed by atoms with E-state index in [-0.39, 0.29) is 10.6 Å². The lowest BCUT2D eigenvalue weighted by Gasteiger charge is -2.33. The van der Waals surface area contributed by atoms with Crippen molar-refractivity contribution in [3.63, 3.8) is 0 Å². The second-order valence-corrected chi connectivity index (χ2v) is 8.26. The molecule has 0 aliphatic heterocycles. The number of anilines is 1. The lowest BCUT2D eigenvalue weighted by Crippen LogP contribution is -2.33. The minimum atomic E-state index is 0.0789. The van der Waals surface area contributed by atoms with Gasteiger partial charge in [-0.2, -0.15) is 4.47 Å². The second-order valence-electron chi connectivity index (χ2n) is 7.15. The highest BCUT2D eigenvalue weighted by molar-refractivity contribution is 7.99. The highest BCUT2D eigenvalue weighted by Crippen LogP contribution is 2.51. The van der Waals surface area contributed by atoms with Gasteiger partial charge in [-0.25, -0.2) is 0 Å². The normalized spacial score (nSPS) is 16.9. The summed E-state index contributed by atoms with van der Waals surface area (Å²) in [6, 6.07) is 7.91. The third-order valence-electron chi connectivity index (χ3n) is 5.19. The third kappa shape index (κ3) is 5.66. The van der Waals surface area contributed by atoms with E-state index in [0.717, 1.165) is 41.7 Å². The molecule has 1 saturated carbocycles. The maximum atomic E-state index is 9.69. The Balaban J connectivity index is 2.00. The van der Waals surface area contributed by atoms with Gasteiger partial charge in [-0.05, 0) is 67.3 Å². The quantitative estimate of drug-likeness (QED) is 0.259. The molecule has 1 aliphatic rings. The van der Waals surface area contributed by atoms with Gasteiger partial charge in [0.15, 0.2) is 0 Å². The summed E-state index contributed by atoms with van der Waals surface area (Å²) in [6.45, 7) is 5.32. The molecule has 6 heteroatoms. The molecule has 0 saturated heterocycles. The van der Waals surface area contributed by atoms with E-state index in [1.807, 2.05) is 30.5 Å². The van der Waals surface area contributed by atoms with Crippen molar-refractivity contribution in [1.82, 2.24) is 5.32 Å². The van der Waals surface area contributed by atoms with Crippen molar-refractivity contribution in [3.8, 4) is 0 Å². The van der Waals surface area contributed by atoms with Gasteiger partial charge < -0.3 is 5.32 Å². The SMILES string of the molecule is CCC[C@@](C)(/C(=C\C(=N)Cl)NCCc1ccc(N(O)SC)cc1)C1CC1. The van der Waals surface area contributed by atoms with Crippen LogP contribution in [0.5, 0.6) is 0 Å². The first-order chi connectivity index (χ1) is 12.4. The smallest absolute Gasteiger partial charge is 0.122 e. The Morgan fingerprint density at radius 3 is 2.58 bits per heavy atom. The molecule has 2 rings (SSSR count). The van der Waals surface area contributed by atoms with Gasteiger partial charge >= 0.3 is 0 Å². The van der Waals surface area contributed by atoms with Gasteiger partial charge in [0, 0.05) is 23.9 Å². The molecule has 1 fully saturated rings. The standard InChI is InChI=1S/C20H30ClN3OS/c1-4-12-20(2,16-7-8-16)18(14-19(21)22)23-13-11-15-5-9-17(10-6-15)24(25)26-3/h5-6,9-10,14,16,22-23,25H,4,7-8,11-13H2,1-3H3/b18-14+,22-19?/t20-/m1/s1. The zero-order valence-electron chi connectivity index (χ0n) is 15.9. The minimum absolute atomic E-state index is 0.0789. The van der Waals surface area contributed by atoms with E-state index in [1.165, 1.54) is 30.4 Å². The number of halogens is 1. The van der Waals surface area contributed by atoms with E-state index in [2.05, 4.69) is 19.2 Å². The Morgan fingerprint density at radius 1 is 1.42 bits per heavy atom. The van der Waals surface area contributed by atoms with Crippen molar-refractivity contribution in [3.05, 3.63) is 41.6 Å². The van der Waals surface area contributed by atoms with Crippen LogP contribution in [0.3, 0.4) is 0 Å². The number of rotatable bonds is 11. The molecule has 0 spiro atoms. The summed E-state index contributed by atoms with van der Waals surface area (Å²) >= 11 is 7.16. The van der Waals surface area contributed by atoms with Crippen LogP contribution in [0.4, 0.5) is 5.69 Å². The molecule has 0 heterocycles. The molecule has 1 atom stereocenters. The highest BCUT2D eigenvalue weighted by Gasteiger charge is 2.43. The zero-order chi connectivity index (χ0) is 19.2. The van der Waals surface area contributed by atoms with Gasteiger partial charge in [-0.15, -0.1) is 0 Å². The third-order valence-corrected chi connectivity index (χ3v) is 5.86. The van der Waals surface area contributed by atoms with E-state index in [9.17, 15) is 5.21 Å². The average Bonchev–Trinajstić information content (AvgIpc) is 3.46. The predicted molar refractivity (Wildman–Crippen MR) is 113 cm³/mol. The van der Waals surface area contributed by atoms with Crippen LogP contribution in [0.15, 0.2) is 36.0 Å². The van der Waals surface area contributed by atoms with E-state index in [4.69, 9.17) is 17.0 Å². The molecular formula is C20H30ClN3OS. The number of nitrogens with zero attached hydrogens (tertiary/aromatic N) is 1. The molecule has 1 aromatic carbocycles. The molecule has 0 aromatic heterocycles. The number of hydrogen-bond donors (Lipinski definition) is 3. The Labute approximate surface area is 166 Å². The molecular weight excluding hydrogens is 366 g/mol. The first kappa shape index (κ1) is 21.1. The minimum Gasteiger partial charge on any atom is -0.387 e. The fraction of sp³-hybridized carbons (Fsp3) is 0.550. The molecule has 1 aromatic rings. The van der Waals surface area contributed by atoms with Gasteiger partial charge in [0.25, 0.3) is 0 Å². The summed E-state index contributed by atoms with van der Waals surface area (Å²) in [5.74, 6) is 0.693. The van der Waals surface area contributed by atoms with E-state index < -0.39 is 0 Å². The van der Waals surface area contributed by atoms with Crippen LogP contribution in [0.2, 0.25) is 0 Å². The maximum Gasteiger partial charge on any atom is 0.122 e. The lowest BCUT2D eigenvalue weighted by atomic mass is 9.77. The number of benzene rings is 1. The van der Waals surface area contributed by atoms with Crippen LogP contribution in [0, 0.1) is 16.7 Å². The second kappa shape index (κ2) is 9.67. The van der Waals surface area contributed by atoms with Crippen LogP contribution in [-0.2, 0) is 6.42 Å². The Bertz CT molecular complexity index is 630. The first-order valence-electron chi connectivity index (χ1n) is 9.23. The zero-order valence-corrected chi connectivity index (χ0v) is 17.5. The van der Waals surface area contributed by atoms with Crippen molar-refractivity contribution in [2.24, 2.45) is 11.3 Å². The van der Waals surface area contributed by atoms with Gasteiger partial charge in [0.2, 0.25) is 0 Å². The van der Waals surface area contributed by atoms with Crippen LogP contribution >= 0.6 is 23.5 Å². The molecule has 26 heavy (non-hydrogen) atoms. The Kier molecular flexibility index (Phi) is 7.86. The van der Waals surface area contributed by atoms with Gasteiger partial charge in [-0.1, -0.05) is 44.0 Å². The van der Waals surface area contributed by atoms with E-state index in [1.54, 1.807) is 6.08 Å². The fourth-order valence-corrected chi connectivity index (χ4v) is 4.02. The lowest BCUT2D eigenvalue weighted by molar-refractivity contribution is 0.289. The molecule has 144 valence electrons. The van der Waals surface area contributed by atoms with E-state index in [0.29, 0.717) is 5.92 Å². The van der Waals surface area contributed by atoms with Crippen molar-refractivity contribution < 1.29 is 5.21 Å². The summed E-state index contributed by atoms with van der Waals surface area (Å²) < 4.78 is 1.15. The number of nitrogens with one attached hydrogen (secondary N) is 2. The maximum absolute atomic E-state index is 9.69. The molecule has 0 unspecified atom stereocenters. The van der Waals surface area contributed by atoms with Crippen molar-refractivity contribution in [1.29, 1.82) is 5.41 Å². The van der Waals surface area contributed by atoms with Crippen molar-refractivity contribution >= 4 is 34.4 Å². The number of allylic oxidation sites excluding steroid dienone is 2. The molecule has 0 amide bonds. The summed E-state index contributed by atoms with van der Waals surface area (Å²) in [5, 5.41) is 21.0. The Morgan fingerprint density at radius 2 is 2.08 bits per heavy atom. The van der Waals surface area contributed by atoms with Crippen LogP contribution in [-0.4, -0.2) is 23.2 Å². The van der Waals surface area contributed by atoms with Crippen molar-refractivity contribution in [2.45, 2.75) is 46.0 Å². The summed E-state index contributed by atoms with van der Waals surface area (Å²) in [4.78, 5) is 0. The molecule has 1 aliphatic carbocycles.